The molecule has 0 amide bonds. The molecule has 0 saturated heterocycles. The van der Waals surface area contributed by atoms with Gasteiger partial charge in [-0.1, -0.05) is 11.2 Å². The number of aromatic nitrogens is 1. The van der Waals surface area contributed by atoms with Crippen molar-refractivity contribution in [2.45, 2.75) is 33.4 Å². The van der Waals surface area contributed by atoms with Crippen LogP contribution >= 0.6 is 0 Å². The minimum Gasteiger partial charge on any atom is -0.361 e. The SMILES string of the molecule is Cc1noc(C)c1CN(C)C(C)c1ccc(F)c(F)c1. The third-order valence-corrected chi connectivity index (χ3v) is 3.68. The van der Waals surface area contributed by atoms with Gasteiger partial charge >= 0.3 is 0 Å². The van der Waals surface area contributed by atoms with E-state index in [2.05, 4.69) is 5.16 Å². The summed E-state index contributed by atoms with van der Waals surface area (Å²) in [4.78, 5) is 2.04. The predicted molar refractivity (Wildman–Crippen MR) is 72.2 cm³/mol. The van der Waals surface area contributed by atoms with Gasteiger partial charge in [0, 0.05) is 18.2 Å². The normalized spacial score (nSPS) is 12.9. The van der Waals surface area contributed by atoms with Crippen molar-refractivity contribution in [2.75, 3.05) is 7.05 Å². The first kappa shape index (κ1) is 14.7. The first-order valence-electron chi connectivity index (χ1n) is 6.47. The predicted octanol–water partition coefficient (Wildman–Crippen LogP) is 3.76. The molecule has 0 fully saturated rings. The highest BCUT2D eigenvalue weighted by Gasteiger charge is 2.17. The second-order valence-electron chi connectivity index (χ2n) is 5.07. The Morgan fingerprint density at radius 1 is 1.25 bits per heavy atom. The largest absolute Gasteiger partial charge is 0.361 e. The van der Waals surface area contributed by atoms with Crippen LogP contribution in [0.25, 0.3) is 0 Å². The second kappa shape index (κ2) is 5.71. The lowest BCUT2D eigenvalue weighted by atomic mass is 10.1. The highest BCUT2D eigenvalue weighted by molar-refractivity contribution is 5.23. The van der Waals surface area contributed by atoms with Gasteiger partial charge < -0.3 is 4.52 Å². The van der Waals surface area contributed by atoms with E-state index in [9.17, 15) is 8.78 Å². The summed E-state index contributed by atoms with van der Waals surface area (Å²) in [5.74, 6) is -0.860. The van der Waals surface area contributed by atoms with Gasteiger partial charge in [0.15, 0.2) is 11.6 Å². The molecule has 0 N–H and O–H groups in total. The molecule has 0 aliphatic rings. The Morgan fingerprint density at radius 2 is 1.95 bits per heavy atom. The minimum absolute atomic E-state index is 0.0428. The Kier molecular flexibility index (Phi) is 4.18. The van der Waals surface area contributed by atoms with Crippen LogP contribution in [0, 0.1) is 25.5 Å². The van der Waals surface area contributed by atoms with Gasteiger partial charge in [-0.25, -0.2) is 8.78 Å². The van der Waals surface area contributed by atoms with Crippen molar-refractivity contribution in [1.29, 1.82) is 0 Å². The molecular weight excluding hydrogens is 262 g/mol. The van der Waals surface area contributed by atoms with Gasteiger partial charge in [0.1, 0.15) is 5.76 Å². The van der Waals surface area contributed by atoms with Crippen molar-refractivity contribution in [3.05, 3.63) is 52.4 Å². The Bertz CT molecular complexity index is 590. The van der Waals surface area contributed by atoms with E-state index < -0.39 is 11.6 Å². The van der Waals surface area contributed by atoms with Gasteiger partial charge in [-0.15, -0.1) is 0 Å². The van der Waals surface area contributed by atoms with E-state index in [0.717, 1.165) is 28.6 Å². The van der Waals surface area contributed by atoms with Gasteiger partial charge in [0.2, 0.25) is 0 Å². The molecule has 0 saturated carbocycles. The zero-order valence-electron chi connectivity index (χ0n) is 12.1. The van der Waals surface area contributed by atoms with Crippen molar-refractivity contribution in [1.82, 2.24) is 10.1 Å². The summed E-state index contributed by atoms with van der Waals surface area (Å²) in [7, 11) is 1.93. The number of hydrogen-bond donors (Lipinski definition) is 0. The molecule has 2 aromatic rings. The van der Waals surface area contributed by atoms with Crippen LogP contribution in [0.4, 0.5) is 8.78 Å². The molecule has 0 spiro atoms. The van der Waals surface area contributed by atoms with Crippen LogP contribution in [0.2, 0.25) is 0 Å². The highest BCUT2D eigenvalue weighted by Crippen LogP contribution is 2.24. The Morgan fingerprint density at radius 3 is 2.50 bits per heavy atom. The van der Waals surface area contributed by atoms with Gasteiger partial charge in [-0.05, 0) is 45.5 Å². The number of benzene rings is 1. The summed E-state index contributed by atoms with van der Waals surface area (Å²) in [6.07, 6.45) is 0. The molecule has 5 heteroatoms. The maximum Gasteiger partial charge on any atom is 0.159 e. The van der Waals surface area contributed by atoms with E-state index in [1.54, 1.807) is 6.07 Å². The molecule has 108 valence electrons. The van der Waals surface area contributed by atoms with Crippen LogP contribution in [0.1, 0.15) is 35.5 Å². The Labute approximate surface area is 117 Å². The van der Waals surface area contributed by atoms with Crippen LogP contribution in [-0.4, -0.2) is 17.1 Å². The van der Waals surface area contributed by atoms with Crippen molar-refractivity contribution in [3.8, 4) is 0 Å². The van der Waals surface area contributed by atoms with E-state index in [1.165, 1.54) is 6.07 Å². The number of hydrogen-bond acceptors (Lipinski definition) is 3. The van der Waals surface area contributed by atoms with Crippen LogP contribution in [0.15, 0.2) is 22.7 Å². The summed E-state index contributed by atoms with van der Waals surface area (Å²) < 4.78 is 31.4. The second-order valence-corrected chi connectivity index (χ2v) is 5.07. The molecule has 1 aromatic carbocycles. The fourth-order valence-corrected chi connectivity index (χ4v) is 2.14. The average Bonchev–Trinajstić information content (AvgIpc) is 2.72. The van der Waals surface area contributed by atoms with Crippen LogP contribution in [-0.2, 0) is 6.54 Å². The van der Waals surface area contributed by atoms with Crippen LogP contribution in [0.3, 0.4) is 0 Å². The third kappa shape index (κ3) is 2.88. The molecule has 1 unspecified atom stereocenters. The molecule has 1 aromatic heterocycles. The van der Waals surface area contributed by atoms with Gasteiger partial charge in [0.05, 0.1) is 5.69 Å². The quantitative estimate of drug-likeness (QED) is 0.854. The van der Waals surface area contributed by atoms with Gasteiger partial charge in [-0.3, -0.25) is 4.90 Å². The Hall–Kier alpha value is -1.75. The van der Waals surface area contributed by atoms with Crippen molar-refractivity contribution in [2.24, 2.45) is 0 Å². The van der Waals surface area contributed by atoms with Gasteiger partial charge in [-0.2, -0.15) is 0 Å². The lowest BCUT2D eigenvalue weighted by Crippen LogP contribution is -2.22. The first-order valence-corrected chi connectivity index (χ1v) is 6.47. The molecule has 20 heavy (non-hydrogen) atoms. The van der Waals surface area contributed by atoms with Crippen LogP contribution in [0.5, 0.6) is 0 Å². The standard InChI is InChI=1S/C15H18F2N2O/c1-9-13(11(3)20-18-9)8-19(4)10(2)12-5-6-14(16)15(17)7-12/h5-7,10H,8H2,1-4H3. The highest BCUT2D eigenvalue weighted by atomic mass is 19.2. The molecule has 0 aliphatic carbocycles. The number of halogens is 2. The van der Waals surface area contributed by atoms with E-state index >= 15 is 0 Å². The first-order chi connectivity index (χ1) is 9.40. The number of nitrogens with zero attached hydrogens (tertiary/aromatic N) is 2. The topological polar surface area (TPSA) is 29.3 Å². The maximum atomic E-state index is 13.3. The lowest BCUT2D eigenvalue weighted by Gasteiger charge is -2.25. The summed E-state index contributed by atoms with van der Waals surface area (Å²) in [5, 5.41) is 3.92. The molecule has 3 nitrogen and oxygen atoms in total. The zero-order chi connectivity index (χ0) is 14.9. The maximum absolute atomic E-state index is 13.3. The summed E-state index contributed by atoms with van der Waals surface area (Å²) in [6.45, 7) is 6.35. The fraction of sp³-hybridized carbons (Fsp3) is 0.400. The summed E-state index contributed by atoms with van der Waals surface area (Å²) >= 11 is 0. The van der Waals surface area contributed by atoms with E-state index in [0.29, 0.717) is 6.54 Å². The minimum atomic E-state index is -0.825. The van der Waals surface area contributed by atoms with Crippen molar-refractivity contribution < 1.29 is 13.3 Å². The number of rotatable bonds is 4. The fourth-order valence-electron chi connectivity index (χ4n) is 2.14. The molecule has 0 aliphatic heterocycles. The van der Waals surface area contributed by atoms with Crippen molar-refractivity contribution >= 4 is 0 Å². The van der Waals surface area contributed by atoms with E-state index in [-0.39, 0.29) is 6.04 Å². The average molecular weight is 280 g/mol. The lowest BCUT2D eigenvalue weighted by molar-refractivity contribution is 0.250. The summed E-state index contributed by atoms with van der Waals surface area (Å²) in [5.41, 5.74) is 2.62. The van der Waals surface area contributed by atoms with Gasteiger partial charge in [0.25, 0.3) is 0 Å². The van der Waals surface area contributed by atoms with Crippen LogP contribution < -0.4 is 0 Å². The van der Waals surface area contributed by atoms with E-state index in [1.807, 2.05) is 32.7 Å². The smallest absolute Gasteiger partial charge is 0.159 e. The third-order valence-electron chi connectivity index (χ3n) is 3.68. The molecule has 2 rings (SSSR count). The monoisotopic (exact) mass is 280 g/mol. The molecule has 1 atom stereocenters. The zero-order valence-corrected chi connectivity index (χ0v) is 12.1. The molecule has 1 heterocycles. The molecular formula is C15H18F2N2O. The Balaban J connectivity index is 2.16. The van der Waals surface area contributed by atoms with E-state index in [4.69, 9.17) is 4.52 Å². The summed E-state index contributed by atoms with van der Waals surface area (Å²) in [6, 6.07) is 3.96. The molecule has 0 radical (unpaired) electrons. The molecule has 0 bridgehead atoms. The van der Waals surface area contributed by atoms with Crippen molar-refractivity contribution in [3.63, 3.8) is 0 Å². The number of aryl methyl sites for hydroxylation is 2.